The molecular weight excluding hydrogens is 364 g/mol. The highest BCUT2D eigenvalue weighted by Crippen LogP contribution is 2.15. The smallest absolute Gasteiger partial charge is 0.272 e. The van der Waals surface area contributed by atoms with Crippen molar-refractivity contribution in [1.29, 1.82) is 0 Å². The number of carbonyl (C=O) groups is 1. The first-order valence-corrected chi connectivity index (χ1v) is 9.56. The van der Waals surface area contributed by atoms with Crippen LogP contribution in [0.3, 0.4) is 0 Å². The van der Waals surface area contributed by atoms with Crippen LogP contribution in [0.2, 0.25) is 0 Å². The lowest BCUT2D eigenvalue weighted by Crippen LogP contribution is -2.29. The Balaban J connectivity index is 0.00000225. The molecule has 0 spiro atoms. The van der Waals surface area contributed by atoms with Gasteiger partial charge in [0.2, 0.25) is 0 Å². The zero-order valence-corrected chi connectivity index (χ0v) is 15.3. The van der Waals surface area contributed by atoms with Gasteiger partial charge in [-0.1, -0.05) is 18.2 Å². The minimum absolute atomic E-state index is 0. The summed E-state index contributed by atoms with van der Waals surface area (Å²) in [6.07, 6.45) is 1.18. The Bertz CT molecular complexity index is 821. The number of amides is 1. The zero-order valence-electron chi connectivity index (χ0n) is 13.6. The summed E-state index contributed by atoms with van der Waals surface area (Å²) in [6.45, 7) is 1.78. The molecule has 136 valence electrons. The van der Waals surface area contributed by atoms with E-state index in [1.165, 1.54) is 0 Å². The number of halogens is 1. The molecule has 1 amide bonds. The topological polar surface area (TPSA) is 104 Å². The summed E-state index contributed by atoms with van der Waals surface area (Å²) in [7, 11) is -3.31. The molecular formula is C16H21ClN4O3S. The number of aromatic nitrogens is 2. The second-order valence-corrected chi connectivity index (χ2v) is 7.81. The number of H-pyrrole nitrogens is 1. The SMILES string of the molecule is Cl.O=C(NCCCS(=O)(=O)c1ccccc1)c1n[nH]c2c1CNCC2. The number of benzene rings is 1. The van der Waals surface area contributed by atoms with E-state index in [-0.39, 0.29) is 24.1 Å². The second-order valence-electron chi connectivity index (χ2n) is 5.70. The molecule has 1 aromatic heterocycles. The first kappa shape index (κ1) is 19.4. The molecule has 3 N–H and O–H groups in total. The Morgan fingerprint density at radius 1 is 1.24 bits per heavy atom. The van der Waals surface area contributed by atoms with Crippen molar-refractivity contribution >= 4 is 28.2 Å². The maximum Gasteiger partial charge on any atom is 0.272 e. The van der Waals surface area contributed by atoms with Crippen LogP contribution in [0.25, 0.3) is 0 Å². The van der Waals surface area contributed by atoms with Gasteiger partial charge in [0.15, 0.2) is 15.5 Å². The molecule has 0 unspecified atom stereocenters. The minimum Gasteiger partial charge on any atom is -0.351 e. The van der Waals surface area contributed by atoms with Gasteiger partial charge in [0, 0.05) is 37.3 Å². The largest absolute Gasteiger partial charge is 0.351 e. The molecule has 0 bridgehead atoms. The zero-order chi connectivity index (χ0) is 17.0. The lowest BCUT2D eigenvalue weighted by atomic mass is 10.1. The number of hydrogen-bond donors (Lipinski definition) is 3. The Labute approximate surface area is 152 Å². The summed E-state index contributed by atoms with van der Waals surface area (Å²) in [4.78, 5) is 12.5. The van der Waals surface area contributed by atoms with Crippen molar-refractivity contribution in [2.24, 2.45) is 0 Å². The molecule has 1 aromatic carbocycles. The molecule has 0 aliphatic carbocycles. The number of rotatable bonds is 6. The lowest BCUT2D eigenvalue weighted by Gasteiger charge is -2.12. The average molecular weight is 385 g/mol. The molecule has 2 aromatic rings. The third kappa shape index (κ3) is 4.59. The number of carbonyl (C=O) groups excluding carboxylic acids is 1. The Hall–Kier alpha value is -1.90. The normalized spacial score (nSPS) is 13.6. The summed E-state index contributed by atoms with van der Waals surface area (Å²) in [5.41, 5.74) is 2.28. The highest BCUT2D eigenvalue weighted by atomic mass is 35.5. The molecule has 0 fully saturated rings. The molecule has 0 saturated carbocycles. The van der Waals surface area contributed by atoms with Crippen molar-refractivity contribution in [3.8, 4) is 0 Å². The summed E-state index contributed by atoms with van der Waals surface area (Å²) in [5.74, 6) is -0.273. The van der Waals surface area contributed by atoms with Crippen LogP contribution in [0.4, 0.5) is 0 Å². The van der Waals surface area contributed by atoms with E-state index in [1.807, 2.05) is 0 Å². The second kappa shape index (κ2) is 8.46. The van der Waals surface area contributed by atoms with E-state index < -0.39 is 9.84 Å². The van der Waals surface area contributed by atoms with Gasteiger partial charge in [0.05, 0.1) is 10.6 Å². The van der Waals surface area contributed by atoms with E-state index in [0.717, 1.165) is 24.2 Å². The Morgan fingerprint density at radius 2 is 2.00 bits per heavy atom. The molecule has 1 aliphatic rings. The first-order valence-electron chi connectivity index (χ1n) is 7.91. The number of nitrogens with zero attached hydrogens (tertiary/aromatic N) is 1. The summed E-state index contributed by atoms with van der Waals surface area (Å²) >= 11 is 0. The average Bonchev–Trinajstić information content (AvgIpc) is 3.03. The Morgan fingerprint density at radius 3 is 2.76 bits per heavy atom. The summed E-state index contributed by atoms with van der Waals surface area (Å²) in [5, 5.41) is 12.9. The molecule has 9 heteroatoms. The number of fused-ring (bicyclic) bond motifs is 1. The van der Waals surface area contributed by atoms with Crippen molar-refractivity contribution in [2.45, 2.75) is 24.3 Å². The van der Waals surface area contributed by atoms with Gasteiger partial charge in [-0.15, -0.1) is 12.4 Å². The standard InChI is InChI=1S/C16H20N4O3S.ClH/c21-16(15-13-11-17-9-7-14(13)19-20-15)18-8-4-10-24(22,23)12-5-2-1-3-6-12;/h1-3,5-6,17H,4,7-11H2,(H,18,21)(H,19,20);1H. The Kier molecular flexibility index (Phi) is 6.57. The minimum atomic E-state index is -3.31. The quantitative estimate of drug-likeness (QED) is 0.646. The van der Waals surface area contributed by atoms with Crippen LogP contribution in [0.1, 0.15) is 28.2 Å². The molecule has 7 nitrogen and oxygen atoms in total. The molecule has 2 heterocycles. The van der Waals surface area contributed by atoms with Gasteiger partial charge in [0.25, 0.3) is 5.91 Å². The van der Waals surface area contributed by atoms with E-state index in [0.29, 0.717) is 30.1 Å². The molecule has 3 rings (SSSR count). The maximum atomic E-state index is 12.2. The number of aromatic amines is 1. The number of sulfone groups is 1. The van der Waals surface area contributed by atoms with E-state index in [9.17, 15) is 13.2 Å². The first-order chi connectivity index (χ1) is 11.6. The van der Waals surface area contributed by atoms with Gasteiger partial charge in [0.1, 0.15) is 0 Å². The molecule has 1 aliphatic heterocycles. The predicted octanol–water partition coefficient (Wildman–Crippen LogP) is 1.07. The fraction of sp³-hybridized carbons (Fsp3) is 0.375. The molecule has 0 saturated heterocycles. The van der Waals surface area contributed by atoms with E-state index in [4.69, 9.17) is 0 Å². The van der Waals surface area contributed by atoms with Gasteiger partial charge in [-0.2, -0.15) is 5.10 Å². The molecule has 0 atom stereocenters. The molecule has 0 radical (unpaired) electrons. The molecule has 25 heavy (non-hydrogen) atoms. The van der Waals surface area contributed by atoms with Crippen LogP contribution in [-0.2, 0) is 22.8 Å². The van der Waals surface area contributed by atoms with E-state index >= 15 is 0 Å². The van der Waals surface area contributed by atoms with Crippen LogP contribution in [-0.4, -0.2) is 43.4 Å². The van der Waals surface area contributed by atoms with Crippen LogP contribution >= 0.6 is 12.4 Å². The van der Waals surface area contributed by atoms with Gasteiger partial charge >= 0.3 is 0 Å². The lowest BCUT2D eigenvalue weighted by molar-refractivity contribution is 0.0947. The highest BCUT2D eigenvalue weighted by Gasteiger charge is 2.21. The van der Waals surface area contributed by atoms with Crippen molar-refractivity contribution < 1.29 is 13.2 Å². The maximum absolute atomic E-state index is 12.2. The van der Waals surface area contributed by atoms with Gasteiger partial charge in [-0.05, 0) is 18.6 Å². The third-order valence-electron chi connectivity index (χ3n) is 4.00. The van der Waals surface area contributed by atoms with Gasteiger partial charge < -0.3 is 10.6 Å². The fourth-order valence-corrected chi connectivity index (χ4v) is 4.04. The van der Waals surface area contributed by atoms with Crippen LogP contribution in [0.15, 0.2) is 35.2 Å². The number of nitrogens with one attached hydrogen (secondary N) is 3. The van der Waals surface area contributed by atoms with Gasteiger partial charge in [-0.25, -0.2) is 8.42 Å². The van der Waals surface area contributed by atoms with Crippen molar-refractivity contribution in [1.82, 2.24) is 20.8 Å². The summed E-state index contributed by atoms with van der Waals surface area (Å²) in [6, 6.07) is 8.33. The summed E-state index contributed by atoms with van der Waals surface area (Å²) < 4.78 is 24.3. The van der Waals surface area contributed by atoms with Crippen molar-refractivity contribution in [2.75, 3.05) is 18.8 Å². The van der Waals surface area contributed by atoms with Crippen molar-refractivity contribution in [3.63, 3.8) is 0 Å². The monoisotopic (exact) mass is 384 g/mol. The van der Waals surface area contributed by atoms with Crippen LogP contribution < -0.4 is 10.6 Å². The van der Waals surface area contributed by atoms with Crippen LogP contribution in [0, 0.1) is 0 Å². The van der Waals surface area contributed by atoms with Crippen LogP contribution in [0.5, 0.6) is 0 Å². The number of hydrogen-bond acceptors (Lipinski definition) is 5. The van der Waals surface area contributed by atoms with Gasteiger partial charge in [-0.3, -0.25) is 9.89 Å². The third-order valence-corrected chi connectivity index (χ3v) is 5.82. The van der Waals surface area contributed by atoms with E-state index in [2.05, 4.69) is 20.8 Å². The highest BCUT2D eigenvalue weighted by molar-refractivity contribution is 7.91. The van der Waals surface area contributed by atoms with E-state index in [1.54, 1.807) is 30.3 Å². The predicted molar refractivity (Wildman–Crippen MR) is 96.7 cm³/mol. The fourth-order valence-electron chi connectivity index (χ4n) is 2.71. The van der Waals surface area contributed by atoms with Crippen molar-refractivity contribution in [3.05, 3.63) is 47.3 Å².